The van der Waals surface area contributed by atoms with Crippen LogP contribution in [0.3, 0.4) is 0 Å². The Kier molecular flexibility index (Phi) is 6.64. The van der Waals surface area contributed by atoms with Crippen LogP contribution in [0.15, 0.2) is 88.5 Å². The van der Waals surface area contributed by atoms with E-state index in [0.717, 1.165) is 28.5 Å². The summed E-state index contributed by atoms with van der Waals surface area (Å²) >= 11 is 1.45. The van der Waals surface area contributed by atoms with Crippen molar-refractivity contribution in [2.24, 2.45) is 0 Å². The first-order chi connectivity index (χ1) is 15.2. The molecule has 0 aliphatic heterocycles. The van der Waals surface area contributed by atoms with E-state index in [4.69, 9.17) is 9.26 Å². The van der Waals surface area contributed by atoms with E-state index in [-0.39, 0.29) is 5.91 Å². The lowest BCUT2D eigenvalue weighted by Gasteiger charge is -2.10. The van der Waals surface area contributed by atoms with Crippen molar-refractivity contribution in [1.82, 2.24) is 15.5 Å². The number of nitrogens with zero attached hydrogens (tertiary/aromatic N) is 2. The van der Waals surface area contributed by atoms with Gasteiger partial charge < -0.3 is 14.6 Å². The number of hydrogen-bond acceptors (Lipinski definition) is 6. The summed E-state index contributed by atoms with van der Waals surface area (Å²) in [5.74, 6) is 2.64. The van der Waals surface area contributed by atoms with Gasteiger partial charge in [0.05, 0.1) is 11.3 Å². The minimum Gasteiger partial charge on any atom is -0.457 e. The quantitative estimate of drug-likeness (QED) is 0.377. The lowest BCUT2D eigenvalue weighted by molar-refractivity contribution is 0.0947. The van der Waals surface area contributed by atoms with Crippen molar-refractivity contribution in [3.05, 3.63) is 102 Å². The van der Waals surface area contributed by atoms with Crippen LogP contribution in [0.4, 0.5) is 0 Å². The van der Waals surface area contributed by atoms with Crippen LogP contribution < -0.4 is 10.1 Å². The number of rotatable bonds is 8. The van der Waals surface area contributed by atoms with Crippen molar-refractivity contribution in [2.45, 2.75) is 24.2 Å². The Morgan fingerprint density at radius 2 is 1.87 bits per heavy atom. The van der Waals surface area contributed by atoms with Crippen LogP contribution in [-0.4, -0.2) is 16.0 Å². The molecule has 4 rings (SSSR count). The Balaban J connectivity index is 1.38. The molecule has 4 aromatic rings. The van der Waals surface area contributed by atoms with E-state index in [1.54, 1.807) is 18.3 Å². The first kappa shape index (κ1) is 20.7. The SMILES string of the molecule is Cc1cc(CSc2ncccc2C(=O)NCc2cccc(Oc3ccccc3)c2)no1. The largest absolute Gasteiger partial charge is 0.457 e. The molecule has 2 heterocycles. The van der Waals surface area contributed by atoms with Crippen LogP contribution >= 0.6 is 11.8 Å². The van der Waals surface area contributed by atoms with Gasteiger partial charge in [0, 0.05) is 24.6 Å². The minimum atomic E-state index is -0.179. The van der Waals surface area contributed by atoms with Gasteiger partial charge >= 0.3 is 0 Å². The molecule has 0 saturated carbocycles. The van der Waals surface area contributed by atoms with Crippen LogP contribution in [-0.2, 0) is 12.3 Å². The number of nitrogens with one attached hydrogen (secondary N) is 1. The topological polar surface area (TPSA) is 77.2 Å². The van der Waals surface area contributed by atoms with Gasteiger partial charge in [-0.15, -0.1) is 0 Å². The normalized spacial score (nSPS) is 10.6. The third kappa shape index (κ3) is 5.73. The first-order valence-corrected chi connectivity index (χ1v) is 10.8. The number of ether oxygens (including phenoxy) is 1. The van der Waals surface area contributed by atoms with E-state index in [1.165, 1.54) is 11.8 Å². The number of carbonyl (C=O) groups is 1. The fourth-order valence-corrected chi connectivity index (χ4v) is 3.80. The molecule has 0 fully saturated rings. The van der Waals surface area contributed by atoms with Gasteiger partial charge in [0.15, 0.2) is 0 Å². The summed E-state index contributed by atoms with van der Waals surface area (Å²) in [5.41, 5.74) is 2.29. The molecule has 2 aromatic carbocycles. The lowest BCUT2D eigenvalue weighted by atomic mass is 10.2. The van der Waals surface area contributed by atoms with Gasteiger partial charge in [0.2, 0.25) is 0 Å². The number of amides is 1. The maximum Gasteiger partial charge on any atom is 0.254 e. The molecule has 0 radical (unpaired) electrons. The highest BCUT2D eigenvalue weighted by atomic mass is 32.2. The molecule has 1 N–H and O–H groups in total. The number of aromatic nitrogens is 2. The summed E-state index contributed by atoms with van der Waals surface area (Å²) in [4.78, 5) is 17.2. The van der Waals surface area contributed by atoms with Gasteiger partial charge in [-0.1, -0.05) is 47.3 Å². The summed E-state index contributed by atoms with van der Waals surface area (Å²) in [6.45, 7) is 2.23. The molecule has 1 amide bonds. The number of thioether (sulfide) groups is 1. The number of benzene rings is 2. The third-order valence-corrected chi connectivity index (χ3v) is 5.42. The summed E-state index contributed by atoms with van der Waals surface area (Å²) in [5, 5.41) is 7.61. The maximum atomic E-state index is 12.8. The summed E-state index contributed by atoms with van der Waals surface area (Å²) in [6.07, 6.45) is 1.68. The highest BCUT2D eigenvalue weighted by molar-refractivity contribution is 7.98. The molecule has 7 heteroatoms. The van der Waals surface area contributed by atoms with Crippen molar-refractivity contribution >= 4 is 17.7 Å². The molecule has 156 valence electrons. The molecule has 0 atom stereocenters. The van der Waals surface area contributed by atoms with E-state index in [1.807, 2.05) is 67.6 Å². The zero-order valence-corrected chi connectivity index (χ0v) is 17.8. The van der Waals surface area contributed by atoms with Crippen LogP contribution in [0.5, 0.6) is 11.5 Å². The highest BCUT2D eigenvalue weighted by Crippen LogP contribution is 2.25. The number of aryl methyl sites for hydroxylation is 1. The molecule has 31 heavy (non-hydrogen) atoms. The molecule has 2 aromatic heterocycles. The highest BCUT2D eigenvalue weighted by Gasteiger charge is 2.14. The minimum absolute atomic E-state index is 0.179. The van der Waals surface area contributed by atoms with Crippen LogP contribution in [0, 0.1) is 6.92 Å². The molecule has 0 aliphatic carbocycles. The van der Waals surface area contributed by atoms with Gasteiger partial charge in [-0.25, -0.2) is 4.98 Å². The summed E-state index contributed by atoms with van der Waals surface area (Å²) in [7, 11) is 0. The molecule has 0 saturated heterocycles. The molecular formula is C24H21N3O3S. The van der Waals surface area contributed by atoms with Gasteiger partial charge in [0.1, 0.15) is 22.3 Å². The molecule has 0 bridgehead atoms. The lowest BCUT2D eigenvalue weighted by Crippen LogP contribution is -2.23. The predicted molar refractivity (Wildman–Crippen MR) is 119 cm³/mol. The summed E-state index contributed by atoms with van der Waals surface area (Å²) < 4.78 is 11.0. The van der Waals surface area contributed by atoms with E-state index < -0.39 is 0 Å². The Morgan fingerprint density at radius 3 is 2.68 bits per heavy atom. The van der Waals surface area contributed by atoms with Crippen molar-refractivity contribution in [3.8, 4) is 11.5 Å². The van der Waals surface area contributed by atoms with E-state index in [9.17, 15) is 4.79 Å². The number of pyridine rings is 1. The van der Waals surface area contributed by atoms with Gasteiger partial charge in [-0.2, -0.15) is 0 Å². The Bertz CT molecular complexity index is 1160. The van der Waals surface area contributed by atoms with Gasteiger partial charge in [0.25, 0.3) is 5.91 Å². The molecule has 0 spiro atoms. The van der Waals surface area contributed by atoms with Gasteiger partial charge in [-0.05, 0) is 48.9 Å². The fourth-order valence-electron chi connectivity index (χ4n) is 2.93. The van der Waals surface area contributed by atoms with Crippen LogP contribution in [0.1, 0.15) is 27.4 Å². The average Bonchev–Trinajstić information content (AvgIpc) is 3.22. The number of hydrogen-bond donors (Lipinski definition) is 1. The smallest absolute Gasteiger partial charge is 0.254 e. The van der Waals surface area contributed by atoms with Crippen LogP contribution in [0.25, 0.3) is 0 Å². The first-order valence-electron chi connectivity index (χ1n) is 9.77. The maximum absolute atomic E-state index is 12.8. The average molecular weight is 432 g/mol. The monoisotopic (exact) mass is 431 g/mol. The fraction of sp³-hybridized carbons (Fsp3) is 0.125. The third-order valence-electron chi connectivity index (χ3n) is 4.38. The molecule has 0 unspecified atom stereocenters. The second kappa shape index (κ2) is 9.95. The second-order valence-corrected chi connectivity index (χ2v) is 7.78. The van der Waals surface area contributed by atoms with Crippen molar-refractivity contribution in [3.63, 3.8) is 0 Å². The molecular weight excluding hydrogens is 410 g/mol. The predicted octanol–water partition coefficient (Wildman–Crippen LogP) is 5.39. The van der Waals surface area contributed by atoms with E-state index in [2.05, 4.69) is 15.5 Å². The Labute approximate surface area is 184 Å². The number of carbonyl (C=O) groups excluding carboxylic acids is 1. The standard InChI is InChI=1S/C24H21N3O3S/c1-17-13-19(27-30-17)16-31-24-22(11-6-12-25-24)23(28)26-15-18-7-5-10-21(14-18)29-20-8-3-2-4-9-20/h2-14H,15-16H2,1H3,(H,26,28). The second-order valence-electron chi connectivity index (χ2n) is 6.82. The zero-order valence-electron chi connectivity index (χ0n) is 16.9. The molecule has 6 nitrogen and oxygen atoms in total. The van der Waals surface area contributed by atoms with Crippen molar-refractivity contribution in [1.29, 1.82) is 0 Å². The number of para-hydroxylation sites is 1. The van der Waals surface area contributed by atoms with Crippen LogP contribution in [0.2, 0.25) is 0 Å². The Hall–Kier alpha value is -3.58. The van der Waals surface area contributed by atoms with E-state index in [0.29, 0.717) is 22.9 Å². The Morgan fingerprint density at radius 1 is 1.03 bits per heavy atom. The van der Waals surface area contributed by atoms with Crippen molar-refractivity contribution < 1.29 is 14.1 Å². The molecule has 0 aliphatic rings. The van der Waals surface area contributed by atoms with E-state index >= 15 is 0 Å². The zero-order chi connectivity index (χ0) is 21.5. The summed E-state index contributed by atoms with van der Waals surface area (Å²) in [6, 6.07) is 22.7. The van der Waals surface area contributed by atoms with Gasteiger partial charge in [-0.3, -0.25) is 4.79 Å². The van der Waals surface area contributed by atoms with Crippen molar-refractivity contribution in [2.75, 3.05) is 0 Å².